The van der Waals surface area contributed by atoms with Crippen LogP contribution in [0.2, 0.25) is 0 Å². The monoisotopic (exact) mass is 247 g/mol. The molecule has 19 heavy (non-hydrogen) atoms. The van der Waals surface area contributed by atoms with Crippen molar-refractivity contribution < 1.29 is 4.79 Å². The van der Waals surface area contributed by atoms with Gasteiger partial charge in [0, 0.05) is 11.9 Å². The fraction of sp³-hybridized carbons (Fsp3) is 0. The molecule has 0 saturated heterocycles. The van der Waals surface area contributed by atoms with E-state index in [-0.39, 0.29) is 5.91 Å². The van der Waals surface area contributed by atoms with E-state index in [2.05, 4.69) is 10.4 Å². The molecular weight excluding hydrogens is 237 g/mol. The number of anilines is 1. The molecule has 1 N–H and O–H groups in total. The molecule has 2 radical (unpaired) electrons. The van der Waals surface area contributed by atoms with Gasteiger partial charge in [0.05, 0.1) is 17.3 Å². The van der Waals surface area contributed by atoms with Crippen molar-refractivity contribution in [1.82, 2.24) is 9.61 Å². The van der Waals surface area contributed by atoms with Crippen LogP contribution >= 0.6 is 0 Å². The molecule has 4 nitrogen and oxygen atoms in total. The van der Waals surface area contributed by atoms with Crippen molar-refractivity contribution in [3.8, 4) is 0 Å². The van der Waals surface area contributed by atoms with Crippen LogP contribution in [0.15, 0.2) is 54.9 Å². The minimum absolute atomic E-state index is 0.202. The molecule has 90 valence electrons. The minimum atomic E-state index is -0.202. The van der Waals surface area contributed by atoms with Crippen LogP contribution in [-0.4, -0.2) is 23.4 Å². The van der Waals surface area contributed by atoms with E-state index in [0.29, 0.717) is 16.7 Å². The first kappa shape index (κ1) is 11.5. The van der Waals surface area contributed by atoms with E-state index < -0.39 is 0 Å². The van der Waals surface area contributed by atoms with E-state index in [1.807, 2.05) is 18.2 Å². The van der Waals surface area contributed by atoms with Gasteiger partial charge in [-0.15, -0.1) is 0 Å². The summed E-state index contributed by atoms with van der Waals surface area (Å²) in [5.74, 6) is -0.202. The van der Waals surface area contributed by atoms with Gasteiger partial charge in [-0.05, 0) is 24.3 Å². The molecule has 0 aliphatic carbocycles. The predicted molar refractivity (Wildman–Crippen MR) is 75.0 cm³/mol. The number of nitrogens with one attached hydrogen (secondary N) is 1. The molecule has 3 aromatic rings. The lowest BCUT2D eigenvalue weighted by atomic mass is 9.96. The molecule has 5 heteroatoms. The smallest absolute Gasteiger partial charge is 0.259 e. The van der Waals surface area contributed by atoms with Crippen molar-refractivity contribution in [2.45, 2.75) is 0 Å². The molecule has 0 saturated carbocycles. The number of carbonyl (C=O) groups excluding carboxylic acids is 1. The zero-order valence-corrected chi connectivity index (χ0v) is 10.1. The van der Waals surface area contributed by atoms with E-state index in [9.17, 15) is 4.79 Å². The summed E-state index contributed by atoms with van der Waals surface area (Å²) in [5.41, 5.74) is 2.57. The van der Waals surface area contributed by atoms with Crippen molar-refractivity contribution in [2.24, 2.45) is 0 Å². The third kappa shape index (κ3) is 2.22. The Morgan fingerprint density at radius 3 is 2.95 bits per heavy atom. The molecule has 0 spiro atoms. The highest BCUT2D eigenvalue weighted by atomic mass is 16.1. The predicted octanol–water partition coefficient (Wildman–Crippen LogP) is 1.38. The molecule has 1 aromatic carbocycles. The zero-order valence-electron chi connectivity index (χ0n) is 10.1. The van der Waals surface area contributed by atoms with Gasteiger partial charge >= 0.3 is 0 Å². The van der Waals surface area contributed by atoms with Crippen molar-refractivity contribution >= 4 is 30.4 Å². The van der Waals surface area contributed by atoms with Crippen LogP contribution in [0.1, 0.15) is 10.4 Å². The molecule has 0 atom stereocenters. The molecular formula is C14H10BN3O. The maximum atomic E-state index is 12.2. The van der Waals surface area contributed by atoms with Gasteiger partial charge in [0.2, 0.25) is 0 Å². The summed E-state index contributed by atoms with van der Waals surface area (Å²) >= 11 is 0. The Kier molecular flexibility index (Phi) is 2.80. The topological polar surface area (TPSA) is 46.4 Å². The number of aromatic nitrogens is 2. The second-order valence-corrected chi connectivity index (χ2v) is 4.17. The minimum Gasteiger partial charge on any atom is -0.322 e. The quantitative estimate of drug-likeness (QED) is 0.695. The van der Waals surface area contributed by atoms with Crippen molar-refractivity contribution in [3.63, 3.8) is 0 Å². The van der Waals surface area contributed by atoms with Gasteiger partial charge in [-0.3, -0.25) is 4.79 Å². The summed E-state index contributed by atoms with van der Waals surface area (Å²) in [5, 5.41) is 6.94. The maximum absolute atomic E-state index is 12.2. The average molecular weight is 247 g/mol. The van der Waals surface area contributed by atoms with E-state index in [1.54, 1.807) is 41.2 Å². The fourth-order valence-electron chi connectivity index (χ4n) is 1.92. The molecule has 2 heterocycles. The van der Waals surface area contributed by atoms with Crippen LogP contribution in [0.5, 0.6) is 0 Å². The van der Waals surface area contributed by atoms with Gasteiger partial charge in [0.1, 0.15) is 7.85 Å². The standard InChI is InChI=1S/C14H10BN3O/c15-10-4-3-5-11(8-10)17-14(19)12-9-16-18-7-2-1-6-13(12)18/h1-9H,(H,17,19). The summed E-state index contributed by atoms with van der Waals surface area (Å²) in [7, 11) is 5.68. The number of pyridine rings is 1. The number of carbonyl (C=O) groups is 1. The molecule has 1 amide bonds. The molecule has 0 fully saturated rings. The molecule has 3 rings (SSSR count). The lowest BCUT2D eigenvalue weighted by molar-refractivity contribution is 0.102. The van der Waals surface area contributed by atoms with Crippen LogP contribution in [0.4, 0.5) is 5.69 Å². The van der Waals surface area contributed by atoms with E-state index in [0.717, 1.165) is 5.52 Å². The molecule has 0 unspecified atom stereocenters. The maximum Gasteiger partial charge on any atom is 0.259 e. The Morgan fingerprint density at radius 2 is 2.11 bits per heavy atom. The van der Waals surface area contributed by atoms with E-state index in [4.69, 9.17) is 7.85 Å². The largest absolute Gasteiger partial charge is 0.322 e. The van der Waals surface area contributed by atoms with Gasteiger partial charge in [0.15, 0.2) is 0 Å². The van der Waals surface area contributed by atoms with E-state index >= 15 is 0 Å². The van der Waals surface area contributed by atoms with Crippen LogP contribution < -0.4 is 10.8 Å². The zero-order chi connectivity index (χ0) is 13.2. The van der Waals surface area contributed by atoms with Crippen molar-refractivity contribution in [3.05, 3.63) is 60.4 Å². The number of benzene rings is 1. The summed E-state index contributed by atoms with van der Waals surface area (Å²) in [4.78, 5) is 12.2. The number of hydrogen-bond donors (Lipinski definition) is 1. The van der Waals surface area contributed by atoms with Crippen molar-refractivity contribution in [1.29, 1.82) is 0 Å². The van der Waals surface area contributed by atoms with Gasteiger partial charge in [-0.2, -0.15) is 5.10 Å². The van der Waals surface area contributed by atoms with Gasteiger partial charge < -0.3 is 5.32 Å². The first-order chi connectivity index (χ1) is 9.24. The number of hydrogen-bond acceptors (Lipinski definition) is 2. The number of fused-ring (bicyclic) bond motifs is 1. The summed E-state index contributed by atoms with van der Waals surface area (Å²) < 4.78 is 1.66. The lowest BCUT2D eigenvalue weighted by Gasteiger charge is -2.05. The number of amides is 1. The first-order valence-corrected chi connectivity index (χ1v) is 5.83. The second-order valence-electron chi connectivity index (χ2n) is 4.17. The normalized spacial score (nSPS) is 10.5. The first-order valence-electron chi connectivity index (χ1n) is 5.83. The second kappa shape index (κ2) is 4.61. The van der Waals surface area contributed by atoms with Gasteiger partial charge in [-0.1, -0.05) is 23.7 Å². The van der Waals surface area contributed by atoms with Crippen LogP contribution in [-0.2, 0) is 0 Å². The van der Waals surface area contributed by atoms with Crippen LogP contribution in [0.3, 0.4) is 0 Å². The Morgan fingerprint density at radius 1 is 1.21 bits per heavy atom. The Balaban J connectivity index is 1.92. The Hall–Kier alpha value is -2.56. The number of rotatable bonds is 2. The lowest BCUT2D eigenvalue weighted by Crippen LogP contribution is -2.13. The SMILES string of the molecule is [B]c1cccc(NC(=O)c2cnn3ccccc23)c1. The highest BCUT2D eigenvalue weighted by Gasteiger charge is 2.12. The molecule has 0 aliphatic rings. The van der Waals surface area contributed by atoms with E-state index in [1.165, 1.54) is 0 Å². The molecule has 2 aromatic heterocycles. The van der Waals surface area contributed by atoms with Crippen LogP contribution in [0, 0.1) is 0 Å². The highest BCUT2D eigenvalue weighted by Crippen LogP contribution is 2.12. The summed E-state index contributed by atoms with van der Waals surface area (Å²) in [6.07, 6.45) is 3.35. The van der Waals surface area contributed by atoms with Gasteiger partial charge in [-0.25, -0.2) is 4.52 Å². The Labute approximate surface area is 111 Å². The third-order valence-corrected chi connectivity index (χ3v) is 2.82. The molecule has 0 aliphatic heterocycles. The summed E-state index contributed by atoms with van der Waals surface area (Å²) in [6, 6.07) is 12.6. The number of nitrogens with zero attached hydrogens (tertiary/aromatic N) is 2. The van der Waals surface area contributed by atoms with Crippen molar-refractivity contribution in [2.75, 3.05) is 5.32 Å². The highest BCUT2D eigenvalue weighted by molar-refractivity contribution is 6.32. The summed E-state index contributed by atoms with van der Waals surface area (Å²) in [6.45, 7) is 0. The van der Waals surface area contributed by atoms with Gasteiger partial charge in [0.25, 0.3) is 5.91 Å². The molecule has 0 bridgehead atoms. The van der Waals surface area contributed by atoms with Crippen LogP contribution in [0.25, 0.3) is 5.52 Å². The fourth-order valence-corrected chi connectivity index (χ4v) is 1.92. The Bertz CT molecular complexity index is 751. The average Bonchev–Trinajstić information content (AvgIpc) is 2.82. The third-order valence-electron chi connectivity index (χ3n) is 2.82.